The second kappa shape index (κ2) is 10.0. The third kappa shape index (κ3) is 4.88. The molecule has 4 N–H and O–H groups in total. The summed E-state index contributed by atoms with van der Waals surface area (Å²) < 4.78 is 7.56. The first-order valence-electron chi connectivity index (χ1n) is 13.5. The third-order valence-electron chi connectivity index (χ3n) is 8.39. The van der Waals surface area contributed by atoms with Gasteiger partial charge in [0.1, 0.15) is 16.8 Å². The molecule has 11 heteroatoms. The zero-order valence-electron chi connectivity index (χ0n) is 21.9. The molecule has 0 bridgehead atoms. The van der Waals surface area contributed by atoms with Gasteiger partial charge in [-0.25, -0.2) is 4.98 Å². The number of hydrogen-bond acceptors (Lipinski definition) is 9. The van der Waals surface area contributed by atoms with Crippen molar-refractivity contribution in [2.45, 2.75) is 32.2 Å². The number of aliphatic hydroxyl groups excluding tert-OH is 1. The normalized spacial score (nSPS) is 19.1. The van der Waals surface area contributed by atoms with Crippen LogP contribution in [0.1, 0.15) is 41.6 Å². The van der Waals surface area contributed by atoms with Crippen molar-refractivity contribution < 1.29 is 14.6 Å². The molecule has 6 rings (SSSR count). The minimum Gasteiger partial charge on any atom is -0.496 e. The highest BCUT2D eigenvalue weighted by Gasteiger charge is 2.52. The number of piperazine rings is 1. The third-order valence-corrected chi connectivity index (χ3v) is 8.39. The molecule has 1 aliphatic heterocycles. The summed E-state index contributed by atoms with van der Waals surface area (Å²) in [6, 6.07) is 5.58. The molecule has 38 heavy (non-hydrogen) atoms. The number of amides is 1. The molecular weight excluding hydrogens is 484 g/mol. The van der Waals surface area contributed by atoms with E-state index in [1.165, 1.54) is 25.7 Å². The maximum atomic E-state index is 13.2. The van der Waals surface area contributed by atoms with Crippen LogP contribution in [0, 0.1) is 11.3 Å². The minimum absolute atomic E-state index is 0.0117. The molecule has 202 valence electrons. The van der Waals surface area contributed by atoms with Gasteiger partial charge in [0.05, 0.1) is 26.5 Å². The first-order chi connectivity index (χ1) is 18.5. The highest BCUT2D eigenvalue weighted by atomic mass is 16.5. The molecule has 0 radical (unpaired) electrons. The number of aliphatic hydroxyl groups is 1. The second-order valence-corrected chi connectivity index (χ2v) is 11.0. The number of benzene rings is 1. The summed E-state index contributed by atoms with van der Waals surface area (Å²) >= 11 is 0. The molecule has 1 aromatic carbocycles. The predicted molar refractivity (Wildman–Crippen MR) is 144 cm³/mol. The second-order valence-electron chi connectivity index (χ2n) is 11.0. The summed E-state index contributed by atoms with van der Waals surface area (Å²) in [5.74, 6) is 2.22. The van der Waals surface area contributed by atoms with Crippen molar-refractivity contribution in [3.05, 3.63) is 35.5 Å². The van der Waals surface area contributed by atoms with Crippen LogP contribution in [0.3, 0.4) is 0 Å². The van der Waals surface area contributed by atoms with Crippen LogP contribution in [-0.2, 0) is 6.54 Å². The fourth-order valence-corrected chi connectivity index (χ4v) is 6.06. The molecule has 3 aliphatic rings. The lowest BCUT2D eigenvalue weighted by Crippen LogP contribution is -2.49. The van der Waals surface area contributed by atoms with Crippen LogP contribution in [0.2, 0.25) is 0 Å². The number of rotatable bonds is 9. The van der Waals surface area contributed by atoms with E-state index in [1.807, 2.05) is 21.7 Å². The molecule has 1 amide bonds. The number of nitrogens with two attached hydrogens (primary N) is 1. The van der Waals surface area contributed by atoms with Crippen molar-refractivity contribution >= 4 is 28.7 Å². The van der Waals surface area contributed by atoms with E-state index in [9.17, 15) is 4.79 Å². The van der Waals surface area contributed by atoms with E-state index in [1.54, 1.807) is 19.4 Å². The fourth-order valence-electron chi connectivity index (χ4n) is 6.06. The molecule has 3 fully saturated rings. The van der Waals surface area contributed by atoms with Gasteiger partial charge in [0.2, 0.25) is 5.95 Å². The smallest absolute Gasteiger partial charge is 0.254 e. The standard InChI is InChI=1S/C27H36N8O3/c1-38-22-12-19(25(37)34-8-6-33(7-9-34)10-11-36)2-3-20(22)17-35-23-21(16-30-35)31-26(28)32-24(23)29-15-18-13-27(14-18)4-5-27/h2-3,12,16,18,36H,4-11,13-15,17H2,1H3,(H3,28,29,31,32). The number of nitrogen functional groups attached to an aromatic ring is 1. The maximum absolute atomic E-state index is 13.2. The lowest BCUT2D eigenvalue weighted by atomic mass is 9.72. The first kappa shape index (κ1) is 24.9. The fraction of sp³-hybridized carbons (Fsp3) is 0.556. The quantitative estimate of drug-likeness (QED) is 0.386. The Morgan fingerprint density at radius 1 is 1.21 bits per heavy atom. The van der Waals surface area contributed by atoms with E-state index in [0.29, 0.717) is 60.2 Å². The summed E-state index contributed by atoms with van der Waals surface area (Å²) in [4.78, 5) is 26.1. The summed E-state index contributed by atoms with van der Waals surface area (Å²) in [6.45, 7) is 4.89. The van der Waals surface area contributed by atoms with Gasteiger partial charge in [-0.05, 0) is 49.1 Å². The van der Waals surface area contributed by atoms with Crippen molar-refractivity contribution in [3.8, 4) is 5.75 Å². The molecule has 2 aliphatic carbocycles. The molecule has 2 saturated carbocycles. The molecule has 3 aromatic rings. The van der Waals surface area contributed by atoms with Crippen LogP contribution in [0.15, 0.2) is 24.4 Å². The Kier molecular flexibility index (Phi) is 6.56. The number of carbonyl (C=O) groups is 1. The summed E-state index contributed by atoms with van der Waals surface area (Å²) in [6.07, 6.45) is 7.07. The van der Waals surface area contributed by atoms with Gasteiger partial charge in [-0.15, -0.1) is 0 Å². The van der Waals surface area contributed by atoms with E-state index in [4.69, 9.17) is 15.6 Å². The van der Waals surface area contributed by atoms with Crippen molar-refractivity contribution in [2.75, 3.05) is 64.0 Å². The Morgan fingerprint density at radius 3 is 2.71 bits per heavy atom. The Bertz CT molecular complexity index is 1320. The van der Waals surface area contributed by atoms with E-state index in [0.717, 1.165) is 30.7 Å². The highest BCUT2D eigenvalue weighted by Crippen LogP contribution is 2.63. The Labute approximate surface area is 222 Å². The van der Waals surface area contributed by atoms with Gasteiger partial charge in [-0.2, -0.15) is 10.1 Å². The summed E-state index contributed by atoms with van der Waals surface area (Å²) in [5.41, 5.74) is 9.66. The first-order valence-corrected chi connectivity index (χ1v) is 13.5. The number of carbonyl (C=O) groups excluding carboxylic acids is 1. The molecule has 0 atom stereocenters. The van der Waals surface area contributed by atoms with E-state index < -0.39 is 0 Å². The lowest BCUT2D eigenvalue weighted by Gasteiger charge is -2.36. The zero-order chi connectivity index (χ0) is 26.3. The Morgan fingerprint density at radius 2 is 2.00 bits per heavy atom. The zero-order valence-corrected chi connectivity index (χ0v) is 21.9. The van der Waals surface area contributed by atoms with Crippen LogP contribution >= 0.6 is 0 Å². The van der Waals surface area contributed by atoms with Gasteiger partial charge in [-0.3, -0.25) is 14.4 Å². The van der Waals surface area contributed by atoms with Crippen LogP contribution in [0.5, 0.6) is 5.75 Å². The number of aromatic nitrogens is 4. The van der Waals surface area contributed by atoms with Crippen molar-refractivity contribution in [2.24, 2.45) is 11.3 Å². The number of β-amino-alcohol motifs (C(OH)–C–C–N with tert-alkyl or cyclic N) is 1. The number of ether oxygens (including phenoxy) is 1. The van der Waals surface area contributed by atoms with Gasteiger partial charge in [-0.1, -0.05) is 6.07 Å². The average molecular weight is 521 g/mol. The van der Waals surface area contributed by atoms with E-state index in [-0.39, 0.29) is 18.5 Å². The van der Waals surface area contributed by atoms with Crippen LogP contribution in [0.4, 0.5) is 11.8 Å². The van der Waals surface area contributed by atoms with Gasteiger partial charge in [0.15, 0.2) is 5.82 Å². The van der Waals surface area contributed by atoms with Crippen LogP contribution in [0.25, 0.3) is 11.0 Å². The minimum atomic E-state index is -0.0117. The number of fused-ring (bicyclic) bond motifs is 1. The van der Waals surface area contributed by atoms with Crippen LogP contribution in [-0.4, -0.2) is 93.5 Å². The number of nitrogens with one attached hydrogen (secondary N) is 1. The number of anilines is 2. The Hall–Kier alpha value is -3.44. The van der Waals surface area contributed by atoms with E-state index >= 15 is 0 Å². The van der Waals surface area contributed by atoms with E-state index in [2.05, 4.69) is 25.3 Å². The molecule has 0 unspecified atom stereocenters. The SMILES string of the molecule is COc1cc(C(=O)N2CCN(CCO)CC2)ccc1Cn1ncc2nc(N)nc(NCC3CC4(CC4)C3)c21. The van der Waals surface area contributed by atoms with Gasteiger partial charge < -0.3 is 25.8 Å². The largest absolute Gasteiger partial charge is 0.496 e. The molecule has 2 aromatic heterocycles. The Balaban J connectivity index is 1.18. The van der Waals surface area contributed by atoms with Gasteiger partial charge in [0, 0.05) is 50.4 Å². The molecule has 1 spiro atoms. The van der Waals surface area contributed by atoms with Gasteiger partial charge >= 0.3 is 0 Å². The molecule has 11 nitrogen and oxygen atoms in total. The van der Waals surface area contributed by atoms with Crippen molar-refractivity contribution in [1.82, 2.24) is 29.5 Å². The maximum Gasteiger partial charge on any atom is 0.254 e. The average Bonchev–Trinajstić information content (AvgIpc) is 3.61. The molecule has 3 heterocycles. The number of nitrogens with zero attached hydrogens (tertiary/aromatic N) is 6. The molecule has 1 saturated heterocycles. The number of hydrogen-bond donors (Lipinski definition) is 3. The summed E-state index contributed by atoms with van der Waals surface area (Å²) in [7, 11) is 1.62. The lowest BCUT2D eigenvalue weighted by molar-refractivity contribution is 0.0614. The van der Waals surface area contributed by atoms with Gasteiger partial charge in [0.25, 0.3) is 5.91 Å². The number of methoxy groups -OCH3 is 1. The van der Waals surface area contributed by atoms with Crippen molar-refractivity contribution in [3.63, 3.8) is 0 Å². The monoisotopic (exact) mass is 520 g/mol. The molecular formula is C27H36N8O3. The summed E-state index contributed by atoms with van der Waals surface area (Å²) in [5, 5.41) is 17.3. The van der Waals surface area contributed by atoms with Crippen LogP contribution < -0.4 is 15.8 Å². The van der Waals surface area contributed by atoms with Crippen molar-refractivity contribution in [1.29, 1.82) is 0 Å². The topological polar surface area (TPSA) is 135 Å². The highest BCUT2D eigenvalue weighted by molar-refractivity contribution is 5.95. The predicted octanol–water partition coefficient (Wildman–Crippen LogP) is 1.82.